The summed E-state index contributed by atoms with van der Waals surface area (Å²) < 4.78 is 65.0. The highest BCUT2D eigenvalue weighted by molar-refractivity contribution is 7.89. The molecule has 0 fully saturated rings. The van der Waals surface area contributed by atoms with Gasteiger partial charge in [0.05, 0.1) is 22.0 Å². The molecule has 0 bridgehead atoms. The van der Waals surface area contributed by atoms with Crippen LogP contribution in [0.4, 0.5) is 18.9 Å². The number of sulfonamides is 1. The van der Waals surface area contributed by atoms with Crippen molar-refractivity contribution in [1.29, 1.82) is 0 Å². The second kappa shape index (κ2) is 9.92. The molecule has 0 atom stereocenters. The van der Waals surface area contributed by atoms with E-state index in [2.05, 4.69) is 10.6 Å². The van der Waals surface area contributed by atoms with E-state index in [1.807, 2.05) is 4.72 Å². The van der Waals surface area contributed by atoms with Crippen molar-refractivity contribution < 1.29 is 31.2 Å². The fraction of sp³-hybridized carbons (Fsp3) is 0.222. The van der Waals surface area contributed by atoms with Gasteiger partial charge in [0, 0.05) is 18.7 Å². The Morgan fingerprint density at radius 2 is 1.67 bits per heavy atom. The van der Waals surface area contributed by atoms with Gasteiger partial charge in [0.15, 0.2) is 0 Å². The Morgan fingerprint density at radius 1 is 1.00 bits per heavy atom. The number of para-hydroxylation sites is 1. The summed E-state index contributed by atoms with van der Waals surface area (Å²) in [6.07, 6.45) is -5.14. The molecular formula is C18H17ClF3N3O4S. The Kier molecular flexibility index (Phi) is 7.82. The fourth-order valence-corrected chi connectivity index (χ4v) is 3.55. The molecule has 0 radical (unpaired) electrons. The first kappa shape index (κ1) is 23.6. The molecule has 2 rings (SSSR count). The molecule has 7 nitrogen and oxygen atoms in total. The lowest BCUT2D eigenvalue weighted by molar-refractivity contribution is -0.137. The zero-order valence-corrected chi connectivity index (χ0v) is 16.9. The molecule has 0 saturated heterocycles. The molecular weight excluding hydrogens is 447 g/mol. The molecule has 0 aliphatic heterocycles. The van der Waals surface area contributed by atoms with Crippen LogP contribution in [-0.2, 0) is 25.8 Å². The van der Waals surface area contributed by atoms with Crippen molar-refractivity contribution in [2.24, 2.45) is 0 Å². The van der Waals surface area contributed by atoms with Gasteiger partial charge in [-0.25, -0.2) is 13.1 Å². The van der Waals surface area contributed by atoms with Crippen LogP contribution in [0.5, 0.6) is 0 Å². The predicted molar refractivity (Wildman–Crippen MR) is 104 cm³/mol. The number of benzene rings is 2. The number of hydrogen-bond acceptors (Lipinski definition) is 4. The van der Waals surface area contributed by atoms with Crippen LogP contribution in [0, 0.1) is 0 Å². The van der Waals surface area contributed by atoms with Crippen LogP contribution in [0.1, 0.15) is 12.0 Å². The maximum absolute atomic E-state index is 12.9. The van der Waals surface area contributed by atoms with Gasteiger partial charge >= 0.3 is 6.18 Å². The molecule has 0 aliphatic carbocycles. The molecule has 162 valence electrons. The Labute approximate surface area is 175 Å². The number of hydrogen-bond donors (Lipinski definition) is 3. The number of alkyl halides is 3. The fourth-order valence-electron chi connectivity index (χ4n) is 2.26. The van der Waals surface area contributed by atoms with E-state index in [1.165, 1.54) is 0 Å². The molecule has 0 aromatic heterocycles. The molecule has 0 saturated carbocycles. The molecule has 0 unspecified atom stereocenters. The number of halogens is 4. The van der Waals surface area contributed by atoms with E-state index in [0.29, 0.717) is 11.8 Å². The maximum atomic E-state index is 12.9. The van der Waals surface area contributed by atoms with Crippen LogP contribution in [0.3, 0.4) is 0 Å². The van der Waals surface area contributed by atoms with E-state index in [0.717, 1.165) is 12.1 Å². The summed E-state index contributed by atoms with van der Waals surface area (Å²) in [5, 5.41) is 4.24. The van der Waals surface area contributed by atoms with Crippen molar-refractivity contribution in [3.05, 3.63) is 59.1 Å². The smallest absolute Gasteiger partial charge is 0.347 e. The summed E-state index contributed by atoms with van der Waals surface area (Å²) in [5.74, 6) is -1.09. The highest BCUT2D eigenvalue weighted by Crippen LogP contribution is 2.35. The van der Waals surface area contributed by atoms with Gasteiger partial charge in [0.25, 0.3) is 0 Å². The second-order valence-electron chi connectivity index (χ2n) is 5.98. The number of carbonyl (C=O) groups is 2. The van der Waals surface area contributed by atoms with Gasteiger partial charge in [0.2, 0.25) is 21.8 Å². The van der Waals surface area contributed by atoms with Crippen LogP contribution in [0.15, 0.2) is 53.4 Å². The van der Waals surface area contributed by atoms with Gasteiger partial charge < -0.3 is 10.6 Å². The van der Waals surface area contributed by atoms with Gasteiger partial charge in [0.1, 0.15) is 0 Å². The Balaban J connectivity index is 1.84. The van der Waals surface area contributed by atoms with E-state index in [-0.39, 0.29) is 19.5 Å². The summed E-state index contributed by atoms with van der Waals surface area (Å²) in [6, 6.07) is 10.7. The average molecular weight is 464 g/mol. The Hall–Kier alpha value is -2.63. The molecule has 30 heavy (non-hydrogen) atoms. The molecule has 12 heteroatoms. The molecule has 3 N–H and O–H groups in total. The monoisotopic (exact) mass is 463 g/mol. The third kappa shape index (κ3) is 7.01. The number of nitrogens with one attached hydrogen (secondary N) is 3. The SMILES string of the molecule is O=C(CCNS(=O)(=O)c1ccc(Cl)c(C(F)(F)F)c1)NCC(=O)Nc1ccccc1. The minimum atomic E-state index is -4.82. The number of anilines is 1. The van der Waals surface area contributed by atoms with Crippen molar-refractivity contribution in [3.8, 4) is 0 Å². The zero-order valence-electron chi connectivity index (χ0n) is 15.3. The lowest BCUT2D eigenvalue weighted by Gasteiger charge is -2.12. The van der Waals surface area contributed by atoms with Crippen LogP contribution in [0.25, 0.3) is 0 Å². The third-order valence-electron chi connectivity index (χ3n) is 3.70. The van der Waals surface area contributed by atoms with Gasteiger partial charge in [-0.1, -0.05) is 29.8 Å². The largest absolute Gasteiger partial charge is 0.417 e. The van der Waals surface area contributed by atoms with Crippen LogP contribution in [0.2, 0.25) is 5.02 Å². The Morgan fingerprint density at radius 3 is 2.30 bits per heavy atom. The van der Waals surface area contributed by atoms with Crippen molar-refractivity contribution in [1.82, 2.24) is 10.0 Å². The summed E-state index contributed by atoms with van der Waals surface area (Å²) >= 11 is 5.47. The van der Waals surface area contributed by atoms with Crippen LogP contribution >= 0.6 is 11.6 Å². The van der Waals surface area contributed by atoms with Crippen LogP contribution < -0.4 is 15.4 Å². The van der Waals surface area contributed by atoms with Crippen molar-refractivity contribution in [2.45, 2.75) is 17.5 Å². The minimum absolute atomic E-state index is 0.322. The van der Waals surface area contributed by atoms with Gasteiger partial charge in [-0.15, -0.1) is 0 Å². The quantitative estimate of drug-likeness (QED) is 0.560. The molecule has 2 aromatic rings. The summed E-state index contributed by atoms with van der Waals surface area (Å²) in [4.78, 5) is 22.9. The third-order valence-corrected chi connectivity index (χ3v) is 5.49. The van der Waals surface area contributed by atoms with E-state index >= 15 is 0 Å². The van der Waals surface area contributed by atoms with E-state index in [9.17, 15) is 31.2 Å². The normalized spacial score (nSPS) is 11.7. The van der Waals surface area contributed by atoms with Crippen molar-refractivity contribution >= 4 is 39.1 Å². The second-order valence-corrected chi connectivity index (χ2v) is 8.15. The first-order chi connectivity index (χ1) is 14.0. The summed E-state index contributed by atoms with van der Waals surface area (Å²) in [6.45, 7) is -0.703. The lowest BCUT2D eigenvalue weighted by atomic mass is 10.2. The predicted octanol–water partition coefficient (Wildman–Crippen LogP) is 2.78. The lowest BCUT2D eigenvalue weighted by Crippen LogP contribution is -2.35. The molecule has 2 aromatic carbocycles. The standard InChI is InChI=1S/C18H17ClF3N3O4S/c19-15-7-6-13(10-14(15)18(20,21)22)30(28,29)24-9-8-16(26)23-11-17(27)25-12-4-2-1-3-5-12/h1-7,10,24H,8-9,11H2,(H,23,26)(H,25,27). The van der Waals surface area contributed by atoms with Crippen molar-refractivity contribution in [2.75, 3.05) is 18.4 Å². The van der Waals surface area contributed by atoms with Crippen molar-refractivity contribution in [3.63, 3.8) is 0 Å². The minimum Gasteiger partial charge on any atom is -0.347 e. The van der Waals surface area contributed by atoms with Gasteiger partial charge in [-0.2, -0.15) is 13.2 Å². The number of carbonyl (C=O) groups excluding carboxylic acids is 2. The van der Waals surface area contributed by atoms with Gasteiger partial charge in [-0.05, 0) is 30.3 Å². The van der Waals surface area contributed by atoms with E-state index in [4.69, 9.17) is 11.6 Å². The Bertz CT molecular complexity index is 1020. The average Bonchev–Trinajstić information content (AvgIpc) is 2.66. The first-order valence-electron chi connectivity index (χ1n) is 8.47. The molecule has 2 amide bonds. The van der Waals surface area contributed by atoms with Crippen LogP contribution in [-0.4, -0.2) is 33.3 Å². The number of rotatable bonds is 8. The topological polar surface area (TPSA) is 104 Å². The summed E-state index contributed by atoms with van der Waals surface area (Å²) in [5.41, 5.74) is -0.736. The molecule has 0 aliphatic rings. The number of amides is 2. The van der Waals surface area contributed by atoms with Gasteiger partial charge in [-0.3, -0.25) is 9.59 Å². The summed E-state index contributed by atoms with van der Waals surface area (Å²) in [7, 11) is -4.30. The highest BCUT2D eigenvalue weighted by Gasteiger charge is 2.34. The first-order valence-corrected chi connectivity index (χ1v) is 10.3. The zero-order chi connectivity index (χ0) is 22.4. The maximum Gasteiger partial charge on any atom is 0.417 e. The van der Waals surface area contributed by atoms with E-state index < -0.39 is 43.5 Å². The molecule has 0 spiro atoms. The van der Waals surface area contributed by atoms with E-state index in [1.54, 1.807) is 30.3 Å². The molecule has 0 heterocycles. The highest BCUT2D eigenvalue weighted by atomic mass is 35.5.